The van der Waals surface area contributed by atoms with E-state index in [0.717, 1.165) is 57.2 Å². The smallest absolute Gasteiger partial charge is 0.319 e. The van der Waals surface area contributed by atoms with E-state index in [0.29, 0.717) is 13.1 Å². The Labute approximate surface area is 189 Å². The minimum atomic E-state index is -0.365. The summed E-state index contributed by atoms with van der Waals surface area (Å²) >= 11 is 0. The summed E-state index contributed by atoms with van der Waals surface area (Å²) in [6, 6.07) is 17.6. The number of anilines is 2. The number of nitrogens with zero attached hydrogens (tertiary/aromatic N) is 3. The summed E-state index contributed by atoms with van der Waals surface area (Å²) in [5, 5.41) is 5.61. The highest BCUT2D eigenvalue weighted by molar-refractivity contribution is 5.92. The van der Waals surface area contributed by atoms with Crippen LogP contribution in [0.25, 0.3) is 0 Å². The van der Waals surface area contributed by atoms with Gasteiger partial charge in [0, 0.05) is 57.2 Å². The summed E-state index contributed by atoms with van der Waals surface area (Å²) in [6.45, 7) is 6.86. The van der Waals surface area contributed by atoms with Gasteiger partial charge in [-0.15, -0.1) is 0 Å². The molecule has 0 saturated carbocycles. The Balaban J connectivity index is 1.23. The molecule has 3 amide bonds. The Bertz CT molecular complexity index is 894. The van der Waals surface area contributed by atoms with E-state index in [4.69, 9.17) is 4.74 Å². The standard InChI is InChI=1S/C24H31N5O3/c30-23(29-12-10-28(11-13-29)21-7-2-1-3-8-21)18-25-24(31)26-22-9-5-4-6-20(22)19-27-14-16-32-17-15-27/h1-9H,10-19H2,(H2,25,26,31). The number of piperazine rings is 1. The lowest BCUT2D eigenvalue weighted by molar-refractivity contribution is -0.130. The van der Waals surface area contributed by atoms with Crippen LogP contribution < -0.4 is 15.5 Å². The van der Waals surface area contributed by atoms with Gasteiger partial charge in [0.25, 0.3) is 0 Å². The molecule has 2 fully saturated rings. The zero-order valence-corrected chi connectivity index (χ0v) is 18.3. The average molecular weight is 438 g/mol. The van der Waals surface area contributed by atoms with Crippen LogP contribution in [0.1, 0.15) is 5.56 Å². The van der Waals surface area contributed by atoms with Gasteiger partial charge in [0.1, 0.15) is 0 Å². The van der Waals surface area contributed by atoms with Gasteiger partial charge in [-0.1, -0.05) is 36.4 Å². The van der Waals surface area contributed by atoms with E-state index < -0.39 is 0 Å². The zero-order valence-electron chi connectivity index (χ0n) is 18.3. The number of rotatable bonds is 6. The monoisotopic (exact) mass is 437 g/mol. The molecule has 0 radical (unpaired) electrons. The number of benzene rings is 2. The molecular weight excluding hydrogens is 406 g/mol. The van der Waals surface area contributed by atoms with Gasteiger partial charge in [0.15, 0.2) is 0 Å². The molecule has 2 aliphatic heterocycles. The van der Waals surface area contributed by atoms with Crippen LogP contribution in [0.15, 0.2) is 54.6 Å². The van der Waals surface area contributed by atoms with Crippen molar-refractivity contribution in [1.82, 2.24) is 15.1 Å². The summed E-state index contributed by atoms with van der Waals surface area (Å²) < 4.78 is 5.40. The van der Waals surface area contributed by atoms with Crippen molar-refractivity contribution in [2.75, 3.05) is 69.2 Å². The summed E-state index contributed by atoms with van der Waals surface area (Å²) in [5.41, 5.74) is 2.99. The minimum Gasteiger partial charge on any atom is -0.379 e. The number of ether oxygens (including phenoxy) is 1. The van der Waals surface area contributed by atoms with Crippen molar-refractivity contribution in [2.24, 2.45) is 0 Å². The first kappa shape index (κ1) is 22.1. The molecule has 2 heterocycles. The molecule has 32 heavy (non-hydrogen) atoms. The van der Waals surface area contributed by atoms with Gasteiger partial charge in [-0.3, -0.25) is 9.69 Å². The minimum absolute atomic E-state index is 0.0111. The fraction of sp³-hybridized carbons (Fsp3) is 0.417. The molecule has 8 nitrogen and oxygen atoms in total. The van der Waals surface area contributed by atoms with Crippen molar-refractivity contribution < 1.29 is 14.3 Å². The third-order valence-electron chi connectivity index (χ3n) is 5.92. The van der Waals surface area contributed by atoms with E-state index in [2.05, 4.69) is 32.6 Å². The lowest BCUT2D eigenvalue weighted by Crippen LogP contribution is -2.51. The number of urea groups is 1. The fourth-order valence-electron chi connectivity index (χ4n) is 4.07. The third kappa shape index (κ3) is 5.99. The number of morpholine rings is 1. The molecule has 2 aliphatic rings. The second kappa shape index (κ2) is 11.0. The lowest BCUT2D eigenvalue weighted by atomic mass is 10.1. The van der Waals surface area contributed by atoms with Gasteiger partial charge in [-0.2, -0.15) is 0 Å². The van der Waals surface area contributed by atoms with Gasteiger partial charge in [-0.05, 0) is 23.8 Å². The Hall–Kier alpha value is -3.10. The van der Waals surface area contributed by atoms with Crippen LogP contribution in [0.3, 0.4) is 0 Å². The summed E-state index contributed by atoms with van der Waals surface area (Å²) in [6.07, 6.45) is 0. The highest BCUT2D eigenvalue weighted by Gasteiger charge is 2.21. The van der Waals surface area contributed by atoms with Crippen molar-refractivity contribution >= 4 is 23.3 Å². The Kier molecular flexibility index (Phi) is 7.58. The van der Waals surface area contributed by atoms with E-state index in [9.17, 15) is 9.59 Å². The molecule has 8 heteroatoms. The van der Waals surface area contributed by atoms with Crippen LogP contribution in [0.4, 0.5) is 16.2 Å². The van der Waals surface area contributed by atoms with Crippen molar-refractivity contribution in [3.8, 4) is 0 Å². The molecule has 0 spiro atoms. The van der Waals surface area contributed by atoms with Crippen LogP contribution in [0, 0.1) is 0 Å². The van der Waals surface area contributed by atoms with E-state index >= 15 is 0 Å². The van der Waals surface area contributed by atoms with Crippen LogP contribution in [-0.4, -0.2) is 80.8 Å². The molecule has 0 bridgehead atoms. The second-order valence-electron chi connectivity index (χ2n) is 8.06. The molecule has 170 valence electrons. The Morgan fingerprint density at radius 3 is 2.28 bits per heavy atom. The summed E-state index contributed by atoms with van der Waals surface area (Å²) in [5.74, 6) is -0.0607. The predicted octanol–water partition coefficient (Wildman–Crippen LogP) is 1.99. The first-order valence-electron chi connectivity index (χ1n) is 11.2. The number of carbonyl (C=O) groups excluding carboxylic acids is 2. The molecule has 0 aliphatic carbocycles. The maximum absolute atomic E-state index is 12.6. The molecule has 0 atom stereocenters. The summed E-state index contributed by atoms with van der Waals surface area (Å²) in [7, 11) is 0. The molecule has 0 aromatic heterocycles. The van der Waals surface area contributed by atoms with Gasteiger partial charge in [0.05, 0.1) is 19.8 Å². The average Bonchev–Trinajstić information content (AvgIpc) is 2.85. The largest absolute Gasteiger partial charge is 0.379 e. The van der Waals surface area contributed by atoms with Gasteiger partial charge in [0.2, 0.25) is 5.91 Å². The molecular formula is C24H31N5O3. The molecule has 2 N–H and O–H groups in total. The SMILES string of the molecule is O=C(NCC(=O)N1CCN(c2ccccc2)CC1)Nc1ccccc1CN1CCOCC1. The van der Waals surface area contributed by atoms with Crippen molar-refractivity contribution in [3.63, 3.8) is 0 Å². The van der Waals surface area contributed by atoms with Crippen molar-refractivity contribution in [3.05, 3.63) is 60.2 Å². The molecule has 0 unspecified atom stereocenters. The summed E-state index contributed by atoms with van der Waals surface area (Å²) in [4.78, 5) is 31.4. The highest BCUT2D eigenvalue weighted by Crippen LogP contribution is 2.18. The number of hydrogen-bond donors (Lipinski definition) is 2. The number of amides is 3. The second-order valence-corrected chi connectivity index (χ2v) is 8.06. The molecule has 2 saturated heterocycles. The zero-order chi connectivity index (χ0) is 22.2. The number of nitrogens with one attached hydrogen (secondary N) is 2. The fourth-order valence-corrected chi connectivity index (χ4v) is 4.07. The van der Waals surface area contributed by atoms with E-state index in [1.165, 1.54) is 5.69 Å². The van der Waals surface area contributed by atoms with Crippen LogP contribution in [0.2, 0.25) is 0 Å². The molecule has 2 aromatic rings. The Morgan fingerprint density at radius 1 is 0.844 bits per heavy atom. The first-order valence-corrected chi connectivity index (χ1v) is 11.2. The highest BCUT2D eigenvalue weighted by atomic mass is 16.5. The Morgan fingerprint density at radius 2 is 1.53 bits per heavy atom. The van der Waals surface area contributed by atoms with Crippen molar-refractivity contribution in [1.29, 1.82) is 0 Å². The quantitative estimate of drug-likeness (QED) is 0.723. The van der Waals surface area contributed by atoms with E-state index in [1.807, 2.05) is 47.4 Å². The third-order valence-corrected chi connectivity index (χ3v) is 5.92. The first-order chi connectivity index (χ1) is 15.7. The van der Waals surface area contributed by atoms with Crippen LogP contribution in [-0.2, 0) is 16.1 Å². The van der Waals surface area contributed by atoms with Gasteiger partial charge >= 0.3 is 6.03 Å². The van der Waals surface area contributed by atoms with E-state index in [-0.39, 0.29) is 18.5 Å². The number of para-hydroxylation sites is 2. The predicted molar refractivity (Wildman–Crippen MR) is 125 cm³/mol. The van der Waals surface area contributed by atoms with Gasteiger partial charge < -0.3 is 25.2 Å². The normalized spacial score (nSPS) is 17.1. The number of carbonyl (C=O) groups is 2. The topological polar surface area (TPSA) is 77.2 Å². The van der Waals surface area contributed by atoms with Gasteiger partial charge in [-0.25, -0.2) is 4.79 Å². The lowest BCUT2D eigenvalue weighted by Gasteiger charge is -2.36. The van der Waals surface area contributed by atoms with Crippen LogP contribution >= 0.6 is 0 Å². The molecule has 2 aromatic carbocycles. The maximum Gasteiger partial charge on any atom is 0.319 e. The number of hydrogen-bond acceptors (Lipinski definition) is 5. The van der Waals surface area contributed by atoms with Crippen LogP contribution in [0.5, 0.6) is 0 Å². The van der Waals surface area contributed by atoms with Crippen molar-refractivity contribution in [2.45, 2.75) is 6.54 Å². The maximum atomic E-state index is 12.6. The molecule has 4 rings (SSSR count). The van der Waals surface area contributed by atoms with E-state index in [1.54, 1.807) is 0 Å².